The van der Waals surface area contributed by atoms with E-state index in [0.717, 1.165) is 29.4 Å². The SMILES string of the molecule is C[C@@]12CCC[C@H]1[C@@H]1CC(Oc3cccnc3)C3CCCC[C@]3(C)[C@@H]1CC2. The third-order valence-electron chi connectivity index (χ3n) is 9.27. The summed E-state index contributed by atoms with van der Waals surface area (Å²) >= 11 is 0. The first-order chi connectivity index (χ1) is 12.6. The molecule has 0 amide bonds. The van der Waals surface area contributed by atoms with Crippen LogP contribution >= 0.6 is 0 Å². The summed E-state index contributed by atoms with van der Waals surface area (Å²) in [6, 6.07) is 4.11. The van der Waals surface area contributed by atoms with Crippen LogP contribution < -0.4 is 4.74 Å². The van der Waals surface area contributed by atoms with Crippen molar-refractivity contribution in [1.29, 1.82) is 0 Å². The smallest absolute Gasteiger partial charge is 0.138 e. The molecule has 0 aliphatic heterocycles. The fourth-order valence-corrected chi connectivity index (χ4v) is 8.04. The van der Waals surface area contributed by atoms with Crippen LogP contribution in [0.4, 0.5) is 0 Å². The number of hydrogen-bond donors (Lipinski definition) is 0. The summed E-state index contributed by atoms with van der Waals surface area (Å²) in [5.74, 6) is 4.49. The number of hydrogen-bond acceptors (Lipinski definition) is 2. The first-order valence-electron chi connectivity index (χ1n) is 11.2. The van der Waals surface area contributed by atoms with E-state index in [1.807, 2.05) is 18.5 Å². The highest BCUT2D eigenvalue weighted by atomic mass is 16.5. The predicted molar refractivity (Wildman–Crippen MR) is 105 cm³/mol. The number of rotatable bonds is 2. The van der Waals surface area contributed by atoms with Crippen LogP contribution in [0.25, 0.3) is 0 Å². The number of pyridine rings is 1. The van der Waals surface area contributed by atoms with E-state index in [-0.39, 0.29) is 0 Å². The van der Waals surface area contributed by atoms with Gasteiger partial charge in [0.1, 0.15) is 11.9 Å². The molecule has 2 nitrogen and oxygen atoms in total. The van der Waals surface area contributed by atoms with E-state index in [9.17, 15) is 0 Å². The Labute approximate surface area is 159 Å². The lowest BCUT2D eigenvalue weighted by Gasteiger charge is -2.61. The van der Waals surface area contributed by atoms with Crippen LogP contribution in [0.15, 0.2) is 24.5 Å². The van der Waals surface area contributed by atoms with Gasteiger partial charge in [0, 0.05) is 12.1 Å². The van der Waals surface area contributed by atoms with Gasteiger partial charge in [-0.3, -0.25) is 4.98 Å². The minimum atomic E-state index is 0.397. The molecule has 0 spiro atoms. The lowest BCUT2D eigenvalue weighted by Crippen LogP contribution is -2.57. The fraction of sp³-hybridized carbons (Fsp3) is 0.792. The molecule has 0 aromatic carbocycles. The van der Waals surface area contributed by atoms with Crippen molar-refractivity contribution in [3.63, 3.8) is 0 Å². The molecular formula is C24H35NO. The second-order valence-corrected chi connectivity index (χ2v) is 10.4. The molecule has 0 bridgehead atoms. The van der Waals surface area contributed by atoms with Crippen LogP contribution in [0.3, 0.4) is 0 Å². The van der Waals surface area contributed by atoms with Gasteiger partial charge in [-0.15, -0.1) is 0 Å². The molecule has 5 rings (SSSR count). The second-order valence-electron chi connectivity index (χ2n) is 10.4. The molecule has 4 fully saturated rings. The second kappa shape index (κ2) is 6.24. The van der Waals surface area contributed by atoms with E-state index in [4.69, 9.17) is 4.74 Å². The van der Waals surface area contributed by atoms with Gasteiger partial charge in [0.05, 0.1) is 6.20 Å². The highest BCUT2D eigenvalue weighted by Crippen LogP contribution is 2.66. The Morgan fingerprint density at radius 1 is 0.962 bits per heavy atom. The molecule has 0 N–H and O–H groups in total. The molecule has 0 saturated heterocycles. The summed E-state index contributed by atoms with van der Waals surface area (Å²) in [6.07, 6.45) is 18.4. The quantitative estimate of drug-likeness (QED) is 0.626. The summed E-state index contributed by atoms with van der Waals surface area (Å²) < 4.78 is 6.66. The van der Waals surface area contributed by atoms with Gasteiger partial charge >= 0.3 is 0 Å². The van der Waals surface area contributed by atoms with Gasteiger partial charge in [-0.05, 0) is 85.7 Å². The van der Waals surface area contributed by atoms with Crippen molar-refractivity contribution in [3.8, 4) is 5.75 Å². The van der Waals surface area contributed by atoms with Crippen molar-refractivity contribution in [2.75, 3.05) is 0 Å². The van der Waals surface area contributed by atoms with E-state index in [0.29, 0.717) is 16.9 Å². The Morgan fingerprint density at radius 3 is 2.69 bits per heavy atom. The molecule has 2 unspecified atom stereocenters. The molecule has 4 aliphatic carbocycles. The zero-order chi connectivity index (χ0) is 17.8. The van der Waals surface area contributed by atoms with Gasteiger partial charge in [0.25, 0.3) is 0 Å². The van der Waals surface area contributed by atoms with Gasteiger partial charge < -0.3 is 4.74 Å². The van der Waals surface area contributed by atoms with Crippen LogP contribution in [0.1, 0.15) is 78.1 Å². The van der Waals surface area contributed by atoms with Crippen molar-refractivity contribution in [2.45, 2.75) is 84.2 Å². The summed E-state index contributed by atoms with van der Waals surface area (Å²) in [4.78, 5) is 4.29. The number of ether oxygens (including phenoxy) is 1. The van der Waals surface area contributed by atoms with Gasteiger partial charge in [-0.1, -0.05) is 33.1 Å². The number of fused-ring (bicyclic) bond motifs is 5. The van der Waals surface area contributed by atoms with Crippen LogP contribution in [0, 0.1) is 34.5 Å². The zero-order valence-electron chi connectivity index (χ0n) is 16.6. The first-order valence-corrected chi connectivity index (χ1v) is 11.2. The lowest BCUT2D eigenvalue weighted by molar-refractivity contribution is -0.146. The van der Waals surface area contributed by atoms with Gasteiger partial charge in [0.2, 0.25) is 0 Å². The Morgan fingerprint density at radius 2 is 1.85 bits per heavy atom. The third-order valence-corrected chi connectivity index (χ3v) is 9.27. The molecule has 26 heavy (non-hydrogen) atoms. The largest absolute Gasteiger partial charge is 0.488 e. The van der Waals surface area contributed by atoms with Crippen molar-refractivity contribution < 1.29 is 4.74 Å². The average molecular weight is 354 g/mol. The Kier molecular flexibility index (Phi) is 4.10. The van der Waals surface area contributed by atoms with E-state index in [2.05, 4.69) is 24.9 Å². The highest BCUT2D eigenvalue weighted by molar-refractivity contribution is 5.17. The number of aromatic nitrogens is 1. The summed E-state index contributed by atoms with van der Waals surface area (Å²) in [6.45, 7) is 5.25. The minimum absolute atomic E-state index is 0.397. The van der Waals surface area contributed by atoms with Gasteiger partial charge in [-0.25, -0.2) is 0 Å². The van der Waals surface area contributed by atoms with Crippen molar-refractivity contribution in [1.82, 2.24) is 4.98 Å². The normalized spacial score (nSPS) is 47.5. The third kappa shape index (κ3) is 2.54. The van der Waals surface area contributed by atoms with Crippen molar-refractivity contribution in [3.05, 3.63) is 24.5 Å². The Hall–Kier alpha value is -1.05. The van der Waals surface area contributed by atoms with Crippen LogP contribution in [0.5, 0.6) is 5.75 Å². The van der Waals surface area contributed by atoms with E-state index >= 15 is 0 Å². The Balaban J connectivity index is 1.48. The molecule has 142 valence electrons. The molecule has 1 aromatic rings. The molecule has 1 aromatic heterocycles. The topological polar surface area (TPSA) is 22.1 Å². The first kappa shape index (κ1) is 17.1. The van der Waals surface area contributed by atoms with E-state index < -0.39 is 0 Å². The van der Waals surface area contributed by atoms with Crippen LogP contribution in [0.2, 0.25) is 0 Å². The van der Waals surface area contributed by atoms with Crippen molar-refractivity contribution >= 4 is 0 Å². The van der Waals surface area contributed by atoms with E-state index in [1.54, 1.807) is 0 Å². The fourth-order valence-electron chi connectivity index (χ4n) is 8.04. The molecular weight excluding hydrogens is 318 g/mol. The lowest BCUT2D eigenvalue weighted by atomic mass is 9.45. The van der Waals surface area contributed by atoms with E-state index in [1.165, 1.54) is 64.2 Å². The maximum absolute atomic E-state index is 6.66. The van der Waals surface area contributed by atoms with Crippen LogP contribution in [-0.4, -0.2) is 11.1 Å². The van der Waals surface area contributed by atoms with Crippen LogP contribution in [-0.2, 0) is 0 Å². The summed E-state index contributed by atoms with van der Waals surface area (Å²) in [5, 5.41) is 0. The number of nitrogens with zero attached hydrogens (tertiary/aromatic N) is 1. The molecule has 1 heterocycles. The standard InChI is InChI=1S/C24H35NO/c1-23-11-5-9-19(23)18-15-22(26-17-7-6-14-25-16-17)21-8-3-4-12-24(21,2)20(18)10-13-23/h6-7,14,16,18-22H,3-5,8-13,15H2,1-2H3/t18-,19-,20+,21?,22?,23-,24+/m0/s1. The predicted octanol–water partition coefficient (Wildman–Crippen LogP) is 6.26. The molecule has 7 atom stereocenters. The molecule has 4 aliphatic rings. The molecule has 4 saturated carbocycles. The summed E-state index contributed by atoms with van der Waals surface area (Å²) in [7, 11) is 0. The summed E-state index contributed by atoms with van der Waals surface area (Å²) in [5.41, 5.74) is 1.12. The maximum Gasteiger partial charge on any atom is 0.138 e. The van der Waals surface area contributed by atoms with Gasteiger partial charge in [-0.2, -0.15) is 0 Å². The highest BCUT2D eigenvalue weighted by Gasteiger charge is 2.60. The van der Waals surface area contributed by atoms with Gasteiger partial charge in [0.15, 0.2) is 0 Å². The minimum Gasteiger partial charge on any atom is -0.488 e. The monoisotopic (exact) mass is 353 g/mol. The van der Waals surface area contributed by atoms with Crippen molar-refractivity contribution in [2.24, 2.45) is 34.5 Å². The Bertz CT molecular complexity index is 645. The maximum atomic E-state index is 6.66. The zero-order valence-corrected chi connectivity index (χ0v) is 16.6. The average Bonchev–Trinajstić information content (AvgIpc) is 3.04. The molecule has 2 heteroatoms. The molecule has 0 radical (unpaired) electrons.